The van der Waals surface area contributed by atoms with Crippen molar-refractivity contribution in [2.24, 2.45) is 0 Å². The summed E-state index contributed by atoms with van der Waals surface area (Å²) < 4.78 is 54.0. The van der Waals surface area contributed by atoms with Crippen LogP contribution in [0.5, 0.6) is 17.2 Å². The number of carbonyl (C=O) groups excluding carboxylic acids is 1. The van der Waals surface area contributed by atoms with Crippen LogP contribution < -0.4 is 24.2 Å². The number of nitrogens with one attached hydrogen (secondary N) is 2. The van der Waals surface area contributed by atoms with Crippen LogP contribution in [0.2, 0.25) is 0 Å². The normalized spacial score (nSPS) is 12.5. The summed E-state index contributed by atoms with van der Waals surface area (Å²) >= 11 is 0. The van der Waals surface area contributed by atoms with Gasteiger partial charge in [0.25, 0.3) is 5.91 Å². The molecule has 144 valence electrons. The minimum Gasteiger partial charge on any atom is -0.484 e. The zero-order valence-corrected chi connectivity index (χ0v) is 15.1. The molecule has 8 nitrogen and oxygen atoms in total. The molecule has 0 saturated heterocycles. The monoisotopic (exact) mass is 396 g/mol. The van der Waals surface area contributed by atoms with E-state index in [-0.39, 0.29) is 25.6 Å². The maximum Gasteiger partial charge on any atom is 0.258 e. The standard InChI is InChI=1S/C17H17FN2O6S/c1-27(22,23)20-14-4-2-11(6-13(14)18)8-19-17(21)9-24-12-3-5-15-16(7-12)26-10-25-15/h2-7,20H,8-10H2,1H3,(H,19,21). The molecule has 2 N–H and O–H groups in total. The average molecular weight is 396 g/mol. The third-order valence-corrected chi connectivity index (χ3v) is 4.12. The number of halogens is 1. The second kappa shape index (κ2) is 7.70. The molecular formula is C17H17FN2O6S. The highest BCUT2D eigenvalue weighted by atomic mass is 32.2. The number of sulfonamides is 1. The Balaban J connectivity index is 1.49. The summed E-state index contributed by atoms with van der Waals surface area (Å²) in [6.45, 7) is -0.0103. The van der Waals surface area contributed by atoms with Gasteiger partial charge in [-0.15, -0.1) is 0 Å². The minimum absolute atomic E-state index is 0.0689. The van der Waals surface area contributed by atoms with Gasteiger partial charge in [-0.3, -0.25) is 9.52 Å². The van der Waals surface area contributed by atoms with Crippen molar-refractivity contribution in [3.05, 3.63) is 47.8 Å². The Bertz CT molecular complexity index is 964. The van der Waals surface area contributed by atoms with Crippen LogP contribution in [0.25, 0.3) is 0 Å². The van der Waals surface area contributed by atoms with Crippen LogP contribution in [0.3, 0.4) is 0 Å². The first kappa shape index (κ1) is 18.8. The zero-order chi connectivity index (χ0) is 19.4. The van der Waals surface area contributed by atoms with Crippen molar-refractivity contribution in [3.63, 3.8) is 0 Å². The van der Waals surface area contributed by atoms with Gasteiger partial charge < -0.3 is 19.5 Å². The minimum atomic E-state index is -3.57. The van der Waals surface area contributed by atoms with Crippen LogP contribution in [0.15, 0.2) is 36.4 Å². The molecule has 0 saturated carbocycles. The van der Waals surface area contributed by atoms with Gasteiger partial charge in [-0.25, -0.2) is 12.8 Å². The molecule has 1 aliphatic heterocycles. The quantitative estimate of drug-likeness (QED) is 0.737. The van der Waals surface area contributed by atoms with Gasteiger partial charge in [-0.05, 0) is 29.8 Å². The van der Waals surface area contributed by atoms with Crippen molar-refractivity contribution in [1.29, 1.82) is 0 Å². The highest BCUT2D eigenvalue weighted by Gasteiger charge is 2.14. The topological polar surface area (TPSA) is 103 Å². The molecule has 0 aliphatic carbocycles. The predicted octanol–water partition coefficient (Wildman–Crippen LogP) is 1.62. The van der Waals surface area contributed by atoms with Gasteiger partial charge in [0.1, 0.15) is 11.6 Å². The predicted molar refractivity (Wildman–Crippen MR) is 94.8 cm³/mol. The fraction of sp³-hybridized carbons (Fsp3) is 0.235. The Labute approximate surface area is 155 Å². The summed E-state index contributed by atoms with van der Waals surface area (Å²) in [5.41, 5.74) is 0.321. The average Bonchev–Trinajstić information content (AvgIpc) is 3.07. The highest BCUT2D eigenvalue weighted by Crippen LogP contribution is 2.35. The summed E-state index contributed by atoms with van der Waals surface area (Å²) in [4.78, 5) is 11.9. The van der Waals surface area contributed by atoms with Gasteiger partial charge in [0.15, 0.2) is 18.1 Å². The van der Waals surface area contributed by atoms with Gasteiger partial charge >= 0.3 is 0 Å². The number of hydrogen-bond acceptors (Lipinski definition) is 6. The lowest BCUT2D eigenvalue weighted by atomic mass is 10.2. The first-order valence-corrected chi connectivity index (χ1v) is 9.75. The fourth-order valence-electron chi connectivity index (χ4n) is 2.32. The molecule has 0 bridgehead atoms. The second-order valence-electron chi connectivity index (χ2n) is 5.77. The van der Waals surface area contributed by atoms with Crippen LogP contribution in [0, 0.1) is 5.82 Å². The van der Waals surface area contributed by atoms with Gasteiger partial charge in [0.2, 0.25) is 16.8 Å². The number of anilines is 1. The molecule has 0 unspecified atom stereocenters. The Hall–Kier alpha value is -3.01. The molecule has 0 atom stereocenters. The number of amides is 1. The first-order chi connectivity index (χ1) is 12.8. The molecule has 2 aromatic carbocycles. The van der Waals surface area contributed by atoms with E-state index in [1.807, 2.05) is 0 Å². The van der Waals surface area contributed by atoms with Gasteiger partial charge in [-0.2, -0.15) is 0 Å². The number of fused-ring (bicyclic) bond motifs is 1. The zero-order valence-electron chi connectivity index (χ0n) is 14.3. The van der Waals surface area contributed by atoms with Crippen LogP contribution in [-0.4, -0.2) is 34.0 Å². The number of carbonyl (C=O) groups is 1. The largest absolute Gasteiger partial charge is 0.484 e. The number of rotatable bonds is 7. The molecule has 3 rings (SSSR count). The summed E-state index contributed by atoms with van der Waals surface area (Å²) in [7, 11) is -3.57. The molecule has 10 heteroatoms. The molecule has 0 fully saturated rings. The van der Waals surface area contributed by atoms with Gasteiger partial charge in [-0.1, -0.05) is 6.07 Å². The summed E-state index contributed by atoms with van der Waals surface area (Å²) in [6.07, 6.45) is 0.931. The lowest BCUT2D eigenvalue weighted by Gasteiger charge is -2.10. The molecule has 1 aliphatic rings. The Kier molecular flexibility index (Phi) is 5.36. The summed E-state index contributed by atoms with van der Waals surface area (Å²) in [6, 6.07) is 8.91. The van der Waals surface area contributed by atoms with E-state index >= 15 is 0 Å². The number of benzene rings is 2. The van der Waals surface area contributed by atoms with Crippen molar-refractivity contribution < 1.29 is 31.8 Å². The van der Waals surface area contributed by atoms with Crippen LogP contribution in [0.4, 0.5) is 10.1 Å². The van der Waals surface area contributed by atoms with Crippen molar-refractivity contribution in [2.45, 2.75) is 6.54 Å². The van der Waals surface area contributed by atoms with Crippen LogP contribution in [0.1, 0.15) is 5.56 Å². The maximum absolute atomic E-state index is 13.9. The Morgan fingerprint density at radius 3 is 2.70 bits per heavy atom. The highest BCUT2D eigenvalue weighted by molar-refractivity contribution is 7.92. The maximum atomic E-state index is 13.9. The van der Waals surface area contributed by atoms with Crippen molar-refractivity contribution in [2.75, 3.05) is 24.4 Å². The smallest absolute Gasteiger partial charge is 0.258 e. The lowest BCUT2D eigenvalue weighted by molar-refractivity contribution is -0.123. The fourth-order valence-corrected chi connectivity index (χ4v) is 2.88. The molecule has 2 aromatic rings. The molecule has 1 heterocycles. The van der Waals surface area contributed by atoms with E-state index in [4.69, 9.17) is 14.2 Å². The van der Waals surface area contributed by atoms with Crippen molar-refractivity contribution in [3.8, 4) is 17.2 Å². The Morgan fingerprint density at radius 1 is 1.19 bits per heavy atom. The molecule has 0 spiro atoms. The van der Waals surface area contributed by atoms with E-state index in [1.54, 1.807) is 18.2 Å². The van der Waals surface area contributed by atoms with Crippen LogP contribution >= 0.6 is 0 Å². The van der Waals surface area contributed by atoms with E-state index in [9.17, 15) is 17.6 Å². The van der Waals surface area contributed by atoms with E-state index < -0.39 is 21.7 Å². The van der Waals surface area contributed by atoms with E-state index in [0.29, 0.717) is 22.8 Å². The van der Waals surface area contributed by atoms with E-state index in [2.05, 4.69) is 10.0 Å². The van der Waals surface area contributed by atoms with Crippen molar-refractivity contribution in [1.82, 2.24) is 5.32 Å². The summed E-state index contributed by atoms with van der Waals surface area (Å²) in [5.74, 6) is 0.487. The first-order valence-electron chi connectivity index (χ1n) is 7.85. The number of hydrogen-bond donors (Lipinski definition) is 2. The molecule has 0 radical (unpaired) electrons. The Morgan fingerprint density at radius 2 is 1.96 bits per heavy atom. The third-order valence-electron chi connectivity index (χ3n) is 3.53. The third kappa shape index (κ3) is 5.23. The van der Waals surface area contributed by atoms with E-state index in [1.165, 1.54) is 12.1 Å². The SMILES string of the molecule is CS(=O)(=O)Nc1ccc(CNC(=O)COc2ccc3c(c2)OCO3)cc1F. The lowest BCUT2D eigenvalue weighted by Crippen LogP contribution is -2.28. The van der Waals surface area contributed by atoms with Gasteiger partial charge in [0.05, 0.1) is 11.9 Å². The number of ether oxygens (including phenoxy) is 3. The molecule has 1 amide bonds. The van der Waals surface area contributed by atoms with Gasteiger partial charge in [0, 0.05) is 12.6 Å². The molecular weight excluding hydrogens is 379 g/mol. The molecule has 27 heavy (non-hydrogen) atoms. The molecule has 0 aromatic heterocycles. The van der Waals surface area contributed by atoms with E-state index in [0.717, 1.165) is 12.3 Å². The second-order valence-corrected chi connectivity index (χ2v) is 7.52. The van der Waals surface area contributed by atoms with Crippen molar-refractivity contribution >= 4 is 21.6 Å². The summed E-state index contributed by atoms with van der Waals surface area (Å²) in [5, 5.41) is 2.59. The van der Waals surface area contributed by atoms with Crippen LogP contribution in [-0.2, 0) is 21.4 Å².